The van der Waals surface area contributed by atoms with Crippen LogP contribution in [0.2, 0.25) is 0 Å². The zero-order valence-corrected chi connectivity index (χ0v) is 19.3. The Balaban J connectivity index is 1.39. The summed E-state index contributed by atoms with van der Waals surface area (Å²) < 4.78 is 22.6. The first-order valence-corrected chi connectivity index (χ1v) is 11.2. The second kappa shape index (κ2) is 8.90. The highest BCUT2D eigenvalue weighted by atomic mass is 16.7. The molecule has 2 heterocycles. The molecule has 2 aliphatic heterocycles. The normalized spacial score (nSPS) is 31.0. The number of β-lactam (4-membered cyclic amide) rings is 1. The maximum atomic E-state index is 13.1. The fourth-order valence-corrected chi connectivity index (χ4v) is 5.54. The first-order valence-electron chi connectivity index (χ1n) is 11.2. The summed E-state index contributed by atoms with van der Waals surface area (Å²) >= 11 is 0. The van der Waals surface area contributed by atoms with Gasteiger partial charge in [0, 0.05) is 25.2 Å². The van der Waals surface area contributed by atoms with Crippen LogP contribution in [0.4, 0.5) is 10.5 Å². The van der Waals surface area contributed by atoms with Crippen molar-refractivity contribution in [1.29, 1.82) is 0 Å². The summed E-state index contributed by atoms with van der Waals surface area (Å²) in [6, 6.07) is 5.62. The number of hydrogen-bond donors (Lipinski definition) is 0. The predicted molar refractivity (Wildman–Crippen MR) is 115 cm³/mol. The summed E-state index contributed by atoms with van der Waals surface area (Å²) in [4.78, 5) is 37.4. The molecule has 1 unspecified atom stereocenters. The van der Waals surface area contributed by atoms with Crippen LogP contribution in [-0.4, -0.2) is 59.1 Å². The molecule has 1 aliphatic carbocycles. The van der Waals surface area contributed by atoms with Gasteiger partial charge in [-0.15, -0.1) is 0 Å². The fourth-order valence-electron chi connectivity index (χ4n) is 5.54. The van der Waals surface area contributed by atoms with Crippen LogP contribution < -0.4 is 0 Å². The lowest BCUT2D eigenvalue weighted by atomic mass is 9.66. The van der Waals surface area contributed by atoms with E-state index in [0.29, 0.717) is 5.56 Å². The molecule has 4 rings (SSSR count). The fraction of sp³-hybridized carbons (Fsp3) is 0.652. The number of non-ortho nitro benzene ring substituents is 1. The van der Waals surface area contributed by atoms with E-state index < -0.39 is 28.8 Å². The number of fused-ring (bicyclic) bond motifs is 3. The number of ether oxygens (including phenoxy) is 4. The standard InChI is InChI=1S/C23H30N2O8/c1-13(32-22(27)31-12-14-8-10-15(11-9-14)25(28)29)18-19-16-6-5-7-17(30-4)20(16)33-23(2,3)24(19)21(18)26/h8-11,13,16-20H,5-7,12H2,1-4H3/t13-,16+,17-,18-,19-,20?/m1/s1. The van der Waals surface area contributed by atoms with Crippen LogP contribution in [-0.2, 0) is 30.3 Å². The Morgan fingerprint density at radius 3 is 2.64 bits per heavy atom. The number of amides is 1. The van der Waals surface area contributed by atoms with E-state index in [1.54, 1.807) is 18.9 Å². The molecule has 6 atom stereocenters. The topological polar surface area (TPSA) is 117 Å². The van der Waals surface area contributed by atoms with Crippen molar-refractivity contribution in [2.75, 3.05) is 7.11 Å². The third-order valence-corrected chi connectivity index (χ3v) is 7.04. The van der Waals surface area contributed by atoms with Crippen molar-refractivity contribution in [1.82, 2.24) is 4.90 Å². The van der Waals surface area contributed by atoms with Gasteiger partial charge in [0.05, 0.1) is 29.1 Å². The number of nitro groups is 1. The van der Waals surface area contributed by atoms with Gasteiger partial charge >= 0.3 is 6.16 Å². The molecule has 33 heavy (non-hydrogen) atoms. The van der Waals surface area contributed by atoms with Crippen molar-refractivity contribution >= 4 is 17.7 Å². The molecule has 1 aromatic rings. The minimum absolute atomic E-state index is 0.0237. The van der Waals surface area contributed by atoms with Gasteiger partial charge in [0.2, 0.25) is 5.91 Å². The van der Waals surface area contributed by atoms with Crippen LogP contribution in [0.1, 0.15) is 45.6 Å². The molecule has 3 aliphatic rings. The highest BCUT2D eigenvalue weighted by molar-refractivity contribution is 5.88. The summed E-state index contributed by atoms with van der Waals surface area (Å²) in [5.41, 5.74) is -0.207. The highest BCUT2D eigenvalue weighted by Crippen LogP contribution is 2.51. The molecule has 1 aromatic carbocycles. The molecule has 0 radical (unpaired) electrons. The van der Waals surface area contributed by atoms with Gasteiger partial charge in [-0.05, 0) is 51.3 Å². The largest absolute Gasteiger partial charge is 0.508 e. The Hall–Kier alpha value is -2.72. The van der Waals surface area contributed by atoms with Crippen LogP contribution in [0.15, 0.2) is 24.3 Å². The molecule has 2 saturated heterocycles. The second-order valence-corrected chi connectivity index (χ2v) is 9.41. The third-order valence-electron chi connectivity index (χ3n) is 7.04. The number of nitro benzene ring substituents is 1. The van der Waals surface area contributed by atoms with E-state index in [2.05, 4.69) is 0 Å². The molecular weight excluding hydrogens is 432 g/mol. The number of benzene rings is 1. The summed E-state index contributed by atoms with van der Waals surface area (Å²) in [7, 11) is 1.69. The van der Waals surface area contributed by atoms with E-state index in [1.807, 2.05) is 13.8 Å². The van der Waals surface area contributed by atoms with Gasteiger partial charge in [-0.1, -0.05) is 6.42 Å². The van der Waals surface area contributed by atoms with Crippen molar-refractivity contribution in [2.45, 2.75) is 76.7 Å². The van der Waals surface area contributed by atoms with E-state index in [1.165, 1.54) is 24.3 Å². The number of rotatable bonds is 6. The molecule has 1 amide bonds. The minimum Gasteiger partial charge on any atom is -0.430 e. The van der Waals surface area contributed by atoms with Gasteiger partial charge in [0.25, 0.3) is 5.69 Å². The predicted octanol–water partition coefficient (Wildman–Crippen LogP) is 3.41. The lowest BCUT2D eigenvalue weighted by molar-refractivity contribution is -0.384. The SMILES string of the molecule is CO[C@@H]1CCC[C@@H]2C1OC(C)(C)N1C(=O)[C@H]([C@@H](C)OC(=O)OCc3ccc([N+](=O)[O-])cc3)[C@@H]21. The molecule has 10 heteroatoms. The number of methoxy groups -OCH3 is 1. The Kier molecular flexibility index (Phi) is 6.32. The van der Waals surface area contributed by atoms with E-state index >= 15 is 0 Å². The van der Waals surface area contributed by atoms with Gasteiger partial charge in [-0.25, -0.2) is 4.79 Å². The zero-order chi connectivity index (χ0) is 23.9. The van der Waals surface area contributed by atoms with Crippen LogP contribution in [0.5, 0.6) is 0 Å². The summed E-state index contributed by atoms with van der Waals surface area (Å²) in [6.07, 6.45) is 1.14. The van der Waals surface area contributed by atoms with Gasteiger partial charge in [-0.2, -0.15) is 0 Å². The van der Waals surface area contributed by atoms with Crippen molar-refractivity contribution < 1.29 is 33.5 Å². The quantitative estimate of drug-likeness (QED) is 0.273. The lowest BCUT2D eigenvalue weighted by Crippen LogP contribution is -2.79. The third kappa shape index (κ3) is 4.29. The van der Waals surface area contributed by atoms with Crippen molar-refractivity contribution in [3.8, 4) is 0 Å². The van der Waals surface area contributed by atoms with Gasteiger partial charge < -0.3 is 23.8 Å². The molecule has 180 valence electrons. The van der Waals surface area contributed by atoms with Crippen molar-refractivity contribution in [2.24, 2.45) is 11.8 Å². The monoisotopic (exact) mass is 462 g/mol. The first-order chi connectivity index (χ1) is 15.6. The second-order valence-electron chi connectivity index (χ2n) is 9.41. The molecule has 3 fully saturated rings. The molecule has 0 bridgehead atoms. The van der Waals surface area contributed by atoms with E-state index in [0.717, 1.165) is 19.3 Å². The average Bonchev–Trinajstić information content (AvgIpc) is 2.75. The van der Waals surface area contributed by atoms with E-state index in [-0.39, 0.29) is 42.4 Å². The van der Waals surface area contributed by atoms with Crippen LogP contribution in [0.25, 0.3) is 0 Å². The summed E-state index contributed by atoms with van der Waals surface area (Å²) in [6.45, 7) is 5.39. The van der Waals surface area contributed by atoms with Gasteiger partial charge in [0.15, 0.2) is 0 Å². The van der Waals surface area contributed by atoms with Crippen LogP contribution >= 0.6 is 0 Å². The highest BCUT2D eigenvalue weighted by Gasteiger charge is 2.65. The Morgan fingerprint density at radius 2 is 2.00 bits per heavy atom. The summed E-state index contributed by atoms with van der Waals surface area (Å²) in [5, 5.41) is 10.7. The lowest BCUT2D eigenvalue weighted by Gasteiger charge is -2.64. The summed E-state index contributed by atoms with van der Waals surface area (Å²) in [5.74, 6) is -0.455. The van der Waals surface area contributed by atoms with E-state index in [9.17, 15) is 19.7 Å². The van der Waals surface area contributed by atoms with Gasteiger partial charge in [-0.3, -0.25) is 14.9 Å². The van der Waals surface area contributed by atoms with Gasteiger partial charge in [0.1, 0.15) is 18.4 Å². The maximum Gasteiger partial charge on any atom is 0.508 e. The molecule has 0 N–H and O–H groups in total. The first kappa shape index (κ1) is 23.4. The number of nitrogens with zero attached hydrogens (tertiary/aromatic N) is 2. The number of hydrogen-bond acceptors (Lipinski definition) is 8. The van der Waals surface area contributed by atoms with Crippen molar-refractivity contribution in [3.05, 3.63) is 39.9 Å². The molecule has 0 spiro atoms. The smallest absolute Gasteiger partial charge is 0.430 e. The minimum atomic E-state index is -0.881. The Bertz CT molecular complexity index is 918. The zero-order valence-electron chi connectivity index (χ0n) is 19.3. The molecule has 10 nitrogen and oxygen atoms in total. The molecular formula is C23H30N2O8. The molecule has 1 saturated carbocycles. The number of carbonyl (C=O) groups excluding carboxylic acids is 2. The average molecular weight is 462 g/mol. The Morgan fingerprint density at radius 1 is 1.30 bits per heavy atom. The van der Waals surface area contributed by atoms with Crippen molar-refractivity contribution in [3.63, 3.8) is 0 Å². The molecule has 0 aromatic heterocycles. The van der Waals surface area contributed by atoms with Crippen LogP contribution in [0.3, 0.4) is 0 Å². The number of carbonyl (C=O) groups is 2. The maximum absolute atomic E-state index is 13.1. The van der Waals surface area contributed by atoms with Crippen LogP contribution in [0, 0.1) is 22.0 Å². The van der Waals surface area contributed by atoms with E-state index in [4.69, 9.17) is 18.9 Å². The Labute approximate surface area is 192 Å².